The zero-order chi connectivity index (χ0) is 17.8. The van der Waals surface area contributed by atoms with Crippen LogP contribution in [0.1, 0.15) is 37.7 Å². The minimum Gasteiger partial charge on any atom is -0.352 e. The summed E-state index contributed by atoms with van der Waals surface area (Å²) in [6.07, 6.45) is 6.81. The molecule has 27 heavy (non-hydrogen) atoms. The van der Waals surface area contributed by atoms with Crippen molar-refractivity contribution < 1.29 is 0 Å². The molecule has 4 rings (SSSR count). The average Bonchev–Trinajstić information content (AvgIpc) is 3.36. The molecule has 1 saturated carbocycles. The molecule has 1 atom stereocenters. The third-order valence-electron chi connectivity index (χ3n) is 5.95. The van der Waals surface area contributed by atoms with Gasteiger partial charge in [-0.05, 0) is 35.6 Å². The van der Waals surface area contributed by atoms with Crippen molar-refractivity contribution in [2.75, 3.05) is 20.1 Å². The molecule has 0 amide bonds. The molecule has 2 aromatic rings. The molecule has 5 heteroatoms. The van der Waals surface area contributed by atoms with Gasteiger partial charge in [0.05, 0.1) is 0 Å². The van der Waals surface area contributed by atoms with Crippen LogP contribution < -0.4 is 10.6 Å². The van der Waals surface area contributed by atoms with Gasteiger partial charge >= 0.3 is 0 Å². The standard InChI is InChI=1S/C22H30N4.HI/c1-23-22(25-19-13-14-26(16-19)20-10-3-4-11-20)24-15-18-9-6-8-17-7-2-5-12-21(17)18;/h2,5-9,12,19-20H,3-4,10-11,13-16H2,1H3,(H2,23,24,25);1H. The van der Waals surface area contributed by atoms with Gasteiger partial charge in [0.1, 0.15) is 0 Å². The van der Waals surface area contributed by atoms with Crippen LogP contribution in [0, 0.1) is 0 Å². The summed E-state index contributed by atoms with van der Waals surface area (Å²) >= 11 is 0. The Morgan fingerprint density at radius 3 is 2.67 bits per heavy atom. The monoisotopic (exact) mass is 478 g/mol. The lowest BCUT2D eigenvalue weighted by atomic mass is 10.0. The number of benzene rings is 2. The van der Waals surface area contributed by atoms with Crippen LogP contribution in [0.3, 0.4) is 0 Å². The van der Waals surface area contributed by atoms with Crippen LogP contribution >= 0.6 is 24.0 Å². The van der Waals surface area contributed by atoms with Crippen LogP contribution in [0.15, 0.2) is 47.5 Å². The maximum Gasteiger partial charge on any atom is 0.191 e. The Labute approximate surface area is 179 Å². The van der Waals surface area contributed by atoms with E-state index < -0.39 is 0 Å². The number of fused-ring (bicyclic) bond motifs is 1. The highest BCUT2D eigenvalue weighted by Crippen LogP contribution is 2.26. The third-order valence-corrected chi connectivity index (χ3v) is 5.95. The van der Waals surface area contributed by atoms with Crippen molar-refractivity contribution in [2.45, 2.75) is 50.7 Å². The van der Waals surface area contributed by atoms with E-state index in [-0.39, 0.29) is 24.0 Å². The average molecular weight is 478 g/mol. The van der Waals surface area contributed by atoms with Crippen LogP contribution in [-0.4, -0.2) is 43.1 Å². The molecule has 146 valence electrons. The Morgan fingerprint density at radius 1 is 1.07 bits per heavy atom. The minimum atomic E-state index is 0. The summed E-state index contributed by atoms with van der Waals surface area (Å²) in [5.41, 5.74) is 1.31. The molecule has 2 aromatic carbocycles. The Bertz CT molecular complexity index is 765. The van der Waals surface area contributed by atoms with E-state index in [1.807, 2.05) is 7.05 Å². The lowest BCUT2D eigenvalue weighted by Gasteiger charge is -2.24. The highest BCUT2D eigenvalue weighted by molar-refractivity contribution is 14.0. The normalized spacial score (nSPS) is 21.4. The number of halogens is 1. The molecule has 2 N–H and O–H groups in total. The molecule has 1 aliphatic carbocycles. The summed E-state index contributed by atoms with van der Waals surface area (Å²) in [5, 5.41) is 9.74. The van der Waals surface area contributed by atoms with Gasteiger partial charge in [0.25, 0.3) is 0 Å². The van der Waals surface area contributed by atoms with E-state index in [0.29, 0.717) is 6.04 Å². The van der Waals surface area contributed by atoms with E-state index in [0.717, 1.165) is 25.1 Å². The zero-order valence-corrected chi connectivity index (χ0v) is 18.5. The zero-order valence-electron chi connectivity index (χ0n) is 16.2. The quantitative estimate of drug-likeness (QED) is 0.394. The van der Waals surface area contributed by atoms with Crippen molar-refractivity contribution in [1.82, 2.24) is 15.5 Å². The van der Waals surface area contributed by atoms with Gasteiger partial charge in [-0.1, -0.05) is 55.3 Å². The Morgan fingerprint density at radius 2 is 1.85 bits per heavy atom. The maximum absolute atomic E-state index is 4.45. The fraction of sp³-hybridized carbons (Fsp3) is 0.500. The van der Waals surface area contributed by atoms with Crippen LogP contribution in [0.25, 0.3) is 10.8 Å². The molecule has 0 radical (unpaired) electrons. The number of nitrogens with one attached hydrogen (secondary N) is 2. The van der Waals surface area contributed by atoms with Gasteiger partial charge in [-0.25, -0.2) is 0 Å². The third kappa shape index (κ3) is 4.93. The Kier molecular flexibility index (Phi) is 7.35. The summed E-state index contributed by atoms with van der Waals surface area (Å²) in [6.45, 7) is 3.17. The molecule has 0 bridgehead atoms. The van der Waals surface area contributed by atoms with Crippen molar-refractivity contribution in [2.24, 2.45) is 4.99 Å². The highest BCUT2D eigenvalue weighted by Gasteiger charge is 2.30. The maximum atomic E-state index is 4.45. The first kappa shape index (κ1) is 20.4. The van der Waals surface area contributed by atoms with Gasteiger partial charge in [-0.15, -0.1) is 24.0 Å². The van der Waals surface area contributed by atoms with E-state index in [9.17, 15) is 0 Å². The number of aliphatic imine (C=N–C) groups is 1. The predicted molar refractivity (Wildman–Crippen MR) is 125 cm³/mol. The minimum absolute atomic E-state index is 0. The number of likely N-dealkylation sites (tertiary alicyclic amines) is 1. The number of guanidine groups is 1. The van der Waals surface area contributed by atoms with E-state index >= 15 is 0 Å². The van der Waals surface area contributed by atoms with Crippen molar-refractivity contribution >= 4 is 40.7 Å². The molecule has 2 aliphatic rings. The largest absolute Gasteiger partial charge is 0.352 e. The predicted octanol–water partition coefficient (Wildman–Crippen LogP) is 4.14. The molecule has 1 unspecified atom stereocenters. The summed E-state index contributed by atoms with van der Waals surface area (Å²) in [7, 11) is 1.86. The fourth-order valence-electron chi connectivity index (χ4n) is 4.52. The number of hydrogen-bond donors (Lipinski definition) is 2. The first-order valence-electron chi connectivity index (χ1n) is 10.0. The second kappa shape index (κ2) is 9.73. The van der Waals surface area contributed by atoms with Gasteiger partial charge in [-0.2, -0.15) is 0 Å². The summed E-state index contributed by atoms with van der Waals surface area (Å²) < 4.78 is 0. The molecule has 4 nitrogen and oxygen atoms in total. The topological polar surface area (TPSA) is 39.7 Å². The van der Waals surface area contributed by atoms with E-state index in [2.05, 4.69) is 63.0 Å². The van der Waals surface area contributed by atoms with Crippen molar-refractivity contribution in [1.29, 1.82) is 0 Å². The molecule has 0 aromatic heterocycles. The van der Waals surface area contributed by atoms with Gasteiger partial charge in [0.2, 0.25) is 0 Å². The Hall–Kier alpha value is -1.34. The number of nitrogens with zero attached hydrogens (tertiary/aromatic N) is 2. The number of rotatable bonds is 4. The lowest BCUT2D eigenvalue weighted by molar-refractivity contribution is 0.242. The molecule has 1 saturated heterocycles. The van der Waals surface area contributed by atoms with Crippen LogP contribution in [0.5, 0.6) is 0 Å². The molecule has 1 heterocycles. The molecule has 2 fully saturated rings. The van der Waals surface area contributed by atoms with Crippen LogP contribution in [0.4, 0.5) is 0 Å². The van der Waals surface area contributed by atoms with Gasteiger partial charge in [-0.3, -0.25) is 9.89 Å². The SMILES string of the molecule is CN=C(NCc1cccc2ccccc12)NC1CCN(C2CCCC2)C1.I. The lowest BCUT2D eigenvalue weighted by Crippen LogP contribution is -2.45. The summed E-state index contributed by atoms with van der Waals surface area (Å²) in [4.78, 5) is 7.13. The fourth-order valence-corrected chi connectivity index (χ4v) is 4.52. The smallest absolute Gasteiger partial charge is 0.191 e. The van der Waals surface area contributed by atoms with E-state index in [1.165, 1.54) is 55.0 Å². The molecule has 0 spiro atoms. The number of hydrogen-bond acceptors (Lipinski definition) is 2. The first-order chi connectivity index (χ1) is 12.8. The van der Waals surface area contributed by atoms with Crippen molar-refractivity contribution in [3.63, 3.8) is 0 Å². The Balaban J connectivity index is 0.00000210. The molecule has 1 aliphatic heterocycles. The van der Waals surface area contributed by atoms with Gasteiger partial charge in [0.15, 0.2) is 5.96 Å². The second-order valence-corrected chi connectivity index (χ2v) is 7.63. The molecular weight excluding hydrogens is 447 g/mol. The second-order valence-electron chi connectivity index (χ2n) is 7.63. The van der Waals surface area contributed by atoms with Crippen molar-refractivity contribution in [3.05, 3.63) is 48.0 Å². The summed E-state index contributed by atoms with van der Waals surface area (Å²) in [6, 6.07) is 16.4. The first-order valence-corrected chi connectivity index (χ1v) is 10.0. The van der Waals surface area contributed by atoms with Crippen LogP contribution in [0.2, 0.25) is 0 Å². The van der Waals surface area contributed by atoms with Gasteiger partial charge in [0, 0.05) is 38.8 Å². The van der Waals surface area contributed by atoms with E-state index in [1.54, 1.807) is 0 Å². The highest BCUT2D eigenvalue weighted by atomic mass is 127. The molecular formula is C22H31IN4. The van der Waals surface area contributed by atoms with Crippen LogP contribution in [-0.2, 0) is 6.54 Å². The summed E-state index contributed by atoms with van der Waals surface area (Å²) in [5.74, 6) is 0.913. The van der Waals surface area contributed by atoms with Crippen molar-refractivity contribution in [3.8, 4) is 0 Å². The van der Waals surface area contributed by atoms with Gasteiger partial charge < -0.3 is 10.6 Å². The van der Waals surface area contributed by atoms with E-state index in [4.69, 9.17) is 0 Å².